The Balaban J connectivity index is 1.57. The lowest BCUT2D eigenvalue weighted by molar-refractivity contribution is -0.286. The third-order valence-electron chi connectivity index (χ3n) is 3.38. The summed E-state index contributed by atoms with van der Waals surface area (Å²) in [5, 5.41) is 2.59. The molecule has 1 atom stereocenters. The smallest absolute Gasteiger partial charge is 0.395 e. The number of hydrogen-bond acceptors (Lipinski definition) is 4. The van der Waals surface area contributed by atoms with Gasteiger partial charge in [0.1, 0.15) is 6.10 Å². The number of carbonyl (C=O) groups is 1. The molecule has 0 bridgehead atoms. The Labute approximate surface area is 137 Å². The highest BCUT2D eigenvalue weighted by Crippen LogP contribution is 2.42. The van der Waals surface area contributed by atoms with Gasteiger partial charge in [0.05, 0.1) is 6.61 Å². The summed E-state index contributed by atoms with van der Waals surface area (Å²) in [6, 6.07) is 13.5. The van der Waals surface area contributed by atoms with Gasteiger partial charge in [-0.15, -0.1) is 8.78 Å². The van der Waals surface area contributed by atoms with Crippen LogP contribution in [0.1, 0.15) is 12.5 Å². The number of fused-ring (bicyclic) bond motifs is 1. The molecule has 0 aromatic heterocycles. The first-order chi connectivity index (χ1) is 11.4. The minimum absolute atomic E-state index is 0.0774. The number of nitrogens with one attached hydrogen (secondary N) is 1. The fourth-order valence-electron chi connectivity index (χ4n) is 2.14. The highest BCUT2D eigenvalue weighted by molar-refractivity contribution is 5.94. The van der Waals surface area contributed by atoms with E-state index in [0.717, 1.165) is 5.56 Å². The molecule has 0 saturated carbocycles. The quantitative estimate of drug-likeness (QED) is 0.908. The van der Waals surface area contributed by atoms with Crippen molar-refractivity contribution in [3.05, 3.63) is 54.1 Å². The Morgan fingerprint density at radius 3 is 2.62 bits per heavy atom. The maximum Gasteiger partial charge on any atom is 0.586 e. The predicted octanol–water partition coefficient (Wildman–Crippen LogP) is 3.55. The topological polar surface area (TPSA) is 56.8 Å². The molecule has 0 fully saturated rings. The Hall–Kier alpha value is -2.67. The Kier molecular flexibility index (Phi) is 4.35. The average molecular weight is 335 g/mol. The number of rotatable bonds is 5. The number of anilines is 1. The molecule has 1 aliphatic heterocycles. The van der Waals surface area contributed by atoms with Crippen LogP contribution in [0.25, 0.3) is 0 Å². The van der Waals surface area contributed by atoms with E-state index < -0.39 is 18.3 Å². The van der Waals surface area contributed by atoms with E-state index in [-0.39, 0.29) is 11.5 Å². The van der Waals surface area contributed by atoms with E-state index in [2.05, 4.69) is 14.8 Å². The minimum atomic E-state index is -3.68. The van der Waals surface area contributed by atoms with Gasteiger partial charge >= 0.3 is 6.29 Å². The molecule has 126 valence electrons. The van der Waals surface area contributed by atoms with Crippen molar-refractivity contribution in [2.45, 2.75) is 25.9 Å². The highest BCUT2D eigenvalue weighted by atomic mass is 19.3. The van der Waals surface area contributed by atoms with Crippen molar-refractivity contribution in [1.29, 1.82) is 0 Å². The molecule has 5 nitrogen and oxygen atoms in total. The van der Waals surface area contributed by atoms with Gasteiger partial charge in [0.2, 0.25) is 0 Å². The number of carbonyl (C=O) groups excluding carboxylic acids is 1. The number of alkyl halides is 2. The number of hydrogen-bond donors (Lipinski definition) is 1. The molecular formula is C17H15F2NO4. The van der Waals surface area contributed by atoms with Crippen molar-refractivity contribution in [3.63, 3.8) is 0 Å². The maximum atomic E-state index is 13.0. The normalized spacial score (nSPS) is 15.8. The Bertz CT molecular complexity index is 737. The molecule has 2 aromatic carbocycles. The molecular weight excluding hydrogens is 320 g/mol. The van der Waals surface area contributed by atoms with Gasteiger partial charge in [0.15, 0.2) is 11.5 Å². The van der Waals surface area contributed by atoms with Crippen LogP contribution >= 0.6 is 0 Å². The molecule has 1 unspecified atom stereocenters. The molecule has 1 aliphatic rings. The maximum absolute atomic E-state index is 13.0. The Morgan fingerprint density at radius 2 is 1.88 bits per heavy atom. The van der Waals surface area contributed by atoms with Gasteiger partial charge in [-0.05, 0) is 24.6 Å². The predicted molar refractivity (Wildman–Crippen MR) is 82.0 cm³/mol. The minimum Gasteiger partial charge on any atom is -0.395 e. The summed E-state index contributed by atoms with van der Waals surface area (Å²) in [7, 11) is 0. The van der Waals surface area contributed by atoms with Gasteiger partial charge in [-0.2, -0.15) is 0 Å². The van der Waals surface area contributed by atoms with E-state index in [0.29, 0.717) is 12.3 Å². The third kappa shape index (κ3) is 3.80. The van der Waals surface area contributed by atoms with Gasteiger partial charge in [0.25, 0.3) is 5.91 Å². The van der Waals surface area contributed by atoms with E-state index >= 15 is 0 Å². The molecule has 1 amide bonds. The summed E-state index contributed by atoms with van der Waals surface area (Å²) in [5.74, 6) is -0.599. The van der Waals surface area contributed by atoms with Gasteiger partial charge in [-0.3, -0.25) is 4.79 Å². The van der Waals surface area contributed by atoms with Crippen LogP contribution in [0, 0.1) is 0 Å². The second-order valence-electron chi connectivity index (χ2n) is 5.26. The lowest BCUT2D eigenvalue weighted by Gasteiger charge is -2.13. The van der Waals surface area contributed by atoms with Crippen molar-refractivity contribution < 1.29 is 27.8 Å². The van der Waals surface area contributed by atoms with Gasteiger partial charge in [-0.1, -0.05) is 30.3 Å². The largest absolute Gasteiger partial charge is 0.586 e. The molecule has 3 rings (SSSR count). The fourth-order valence-corrected chi connectivity index (χ4v) is 2.14. The first-order valence-corrected chi connectivity index (χ1v) is 7.29. The van der Waals surface area contributed by atoms with Crippen molar-refractivity contribution in [3.8, 4) is 11.5 Å². The van der Waals surface area contributed by atoms with E-state index in [1.54, 1.807) is 6.92 Å². The van der Waals surface area contributed by atoms with E-state index in [9.17, 15) is 13.6 Å². The van der Waals surface area contributed by atoms with Crippen LogP contribution in [0.3, 0.4) is 0 Å². The monoisotopic (exact) mass is 335 g/mol. The lowest BCUT2D eigenvalue weighted by Crippen LogP contribution is -2.27. The second-order valence-corrected chi connectivity index (χ2v) is 5.26. The molecule has 0 spiro atoms. The molecule has 1 heterocycles. The van der Waals surface area contributed by atoms with Crippen LogP contribution in [0.5, 0.6) is 11.5 Å². The van der Waals surface area contributed by atoms with E-state index in [1.807, 2.05) is 30.3 Å². The van der Waals surface area contributed by atoms with Gasteiger partial charge in [0, 0.05) is 11.8 Å². The molecule has 24 heavy (non-hydrogen) atoms. The molecule has 0 radical (unpaired) electrons. The van der Waals surface area contributed by atoms with Crippen LogP contribution < -0.4 is 14.8 Å². The van der Waals surface area contributed by atoms with Crippen molar-refractivity contribution in [2.75, 3.05) is 5.32 Å². The van der Waals surface area contributed by atoms with Crippen molar-refractivity contribution in [2.24, 2.45) is 0 Å². The zero-order chi connectivity index (χ0) is 17.2. The van der Waals surface area contributed by atoms with E-state index in [1.165, 1.54) is 18.2 Å². The third-order valence-corrected chi connectivity index (χ3v) is 3.38. The summed E-state index contributed by atoms with van der Waals surface area (Å²) in [4.78, 5) is 12.1. The number of benzene rings is 2. The average Bonchev–Trinajstić information content (AvgIpc) is 2.86. The van der Waals surface area contributed by atoms with Crippen LogP contribution in [0.2, 0.25) is 0 Å². The number of halogens is 2. The van der Waals surface area contributed by atoms with Crippen LogP contribution in [-0.2, 0) is 16.1 Å². The number of amides is 1. The standard InChI is InChI=1S/C17H15F2NO4/c1-11(22-10-12-5-3-2-4-6-12)16(21)20-13-7-8-14-15(9-13)24-17(18,19)23-14/h2-9,11H,10H2,1H3,(H,20,21). The highest BCUT2D eigenvalue weighted by Gasteiger charge is 2.43. The summed E-state index contributed by atoms with van der Waals surface area (Å²) in [6.45, 7) is 1.90. The van der Waals surface area contributed by atoms with Gasteiger partial charge < -0.3 is 19.5 Å². The van der Waals surface area contributed by atoms with Crippen molar-refractivity contribution >= 4 is 11.6 Å². The second kappa shape index (κ2) is 6.45. The number of ether oxygens (including phenoxy) is 3. The van der Waals surface area contributed by atoms with Crippen LogP contribution in [-0.4, -0.2) is 18.3 Å². The molecule has 0 aliphatic carbocycles. The summed E-state index contributed by atoms with van der Waals surface area (Å²) < 4.78 is 40.1. The van der Waals surface area contributed by atoms with Crippen molar-refractivity contribution in [1.82, 2.24) is 0 Å². The molecule has 2 aromatic rings. The molecule has 7 heteroatoms. The zero-order valence-corrected chi connectivity index (χ0v) is 12.8. The molecule has 0 saturated heterocycles. The summed E-state index contributed by atoms with van der Waals surface area (Å²) in [6.07, 6.45) is -4.39. The zero-order valence-electron chi connectivity index (χ0n) is 12.8. The Morgan fingerprint density at radius 1 is 1.17 bits per heavy atom. The summed E-state index contributed by atoms with van der Waals surface area (Å²) in [5.41, 5.74) is 1.26. The SMILES string of the molecule is CC(OCc1ccccc1)C(=O)Nc1ccc2c(c1)OC(F)(F)O2. The lowest BCUT2D eigenvalue weighted by atomic mass is 10.2. The van der Waals surface area contributed by atoms with E-state index in [4.69, 9.17) is 4.74 Å². The molecule has 1 N–H and O–H groups in total. The summed E-state index contributed by atoms with van der Waals surface area (Å²) >= 11 is 0. The van der Waals surface area contributed by atoms with Crippen LogP contribution in [0.15, 0.2) is 48.5 Å². The first kappa shape index (κ1) is 16.2. The fraction of sp³-hybridized carbons (Fsp3) is 0.235. The van der Waals surface area contributed by atoms with Crippen LogP contribution in [0.4, 0.5) is 14.5 Å². The van der Waals surface area contributed by atoms with Gasteiger partial charge in [-0.25, -0.2) is 0 Å². The first-order valence-electron chi connectivity index (χ1n) is 7.29.